The molecule has 0 amide bonds. The third kappa shape index (κ3) is 2.84. The number of benzene rings is 2. The van der Waals surface area contributed by atoms with Gasteiger partial charge in [0.15, 0.2) is 0 Å². The smallest absolute Gasteiger partial charge is 0.123 e. The van der Waals surface area contributed by atoms with E-state index in [-0.39, 0.29) is 5.82 Å². The summed E-state index contributed by atoms with van der Waals surface area (Å²) in [6, 6.07) is 12.9. The van der Waals surface area contributed by atoms with Crippen LogP contribution in [0.15, 0.2) is 42.5 Å². The van der Waals surface area contributed by atoms with E-state index in [4.69, 9.17) is 0 Å². The highest BCUT2D eigenvalue weighted by Crippen LogP contribution is 2.20. The zero-order valence-corrected chi connectivity index (χ0v) is 10.1. The average molecular weight is 229 g/mol. The number of hydrogen-bond donors (Lipinski definition) is 1. The molecule has 0 spiro atoms. The first kappa shape index (κ1) is 11.6. The van der Waals surface area contributed by atoms with Crippen LogP contribution in [0.1, 0.15) is 16.7 Å². The number of aryl methyl sites for hydroxylation is 2. The minimum Gasteiger partial charge on any atom is -0.381 e. The molecule has 0 radical (unpaired) electrons. The molecule has 1 N–H and O–H groups in total. The third-order valence-electron chi connectivity index (χ3n) is 2.84. The van der Waals surface area contributed by atoms with E-state index in [0.29, 0.717) is 6.54 Å². The molecule has 1 nitrogen and oxygen atoms in total. The molecule has 2 aromatic carbocycles. The monoisotopic (exact) mass is 229 g/mol. The highest BCUT2D eigenvalue weighted by atomic mass is 19.1. The van der Waals surface area contributed by atoms with Crippen molar-refractivity contribution in [2.45, 2.75) is 20.4 Å². The lowest BCUT2D eigenvalue weighted by Crippen LogP contribution is -2.02. The lowest BCUT2D eigenvalue weighted by Gasteiger charge is -2.12. The average Bonchev–Trinajstić information content (AvgIpc) is 2.28. The molecule has 0 aliphatic carbocycles. The Bertz CT molecular complexity index is 500. The molecule has 0 aliphatic rings. The molecule has 0 fully saturated rings. The van der Waals surface area contributed by atoms with Crippen LogP contribution < -0.4 is 5.32 Å². The van der Waals surface area contributed by atoms with Crippen molar-refractivity contribution in [3.63, 3.8) is 0 Å². The first-order chi connectivity index (χ1) is 8.16. The second kappa shape index (κ2) is 5.00. The van der Waals surface area contributed by atoms with E-state index < -0.39 is 0 Å². The number of nitrogens with one attached hydrogen (secondary N) is 1. The van der Waals surface area contributed by atoms with Gasteiger partial charge in [-0.2, -0.15) is 0 Å². The Morgan fingerprint density at radius 1 is 1.00 bits per heavy atom. The molecular weight excluding hydrogens is 213 g/mol. The minimum absolute atomic E-state index is 0.189. The Balaban J connectivity index is 2.13. The van der Waals surface area contributed by atoms with Gasteiger partial charge in [0.1, 0.15) is 5.82 Å². The van der Waals surface area contributed by atoms with Crippen molar-refractivity contribution < 1.29 is 4.39 Å². The predicted molar refractivity (Wildman–Crippen MR) is 69.6 cm³/mol. The number of anilines is 1. The van der Waals surface area contributed by atoms with E-state index in [2.05, 4.69) is 31.3 Å². The maximum atomic E-state index is 13.0. The van der Waals surface area contributed by atoms with Crippen molar-refractivity contribution in [3.8, 4) is 0 Å². The summed E-state index contributed by atoms with van der Waals surface area (Å²) in [7, 11) is 0. The summed E-state index contributed by atoms with van der Waals surface area (Å²) in [4.78, 5) is 0. The fraction of sp³-hybridized carbons (Fsp3) is 0.200. The van der Waals surface area contributed by atoms with Gasteiger partial charge in [0, 0.05) is 12.2 Å². The van der Waals surface area contributed by atoms with Gasteiger partial charge in [0.2, 0.25) is 0 Å². The molecule has 0 saturated heterocycles. The van der Waals surface area contributed by atoms with Crippen LogP contribution >= 0.6 is 0 Å². The number of rotatable bonds is 3. The largest absolute Gasteiger partial charge is 0.381 e. The molecule has 0 saturated carbocycles. The Kier molecular flexibility index (Phi) is 3.43. The van der Waals surface area contributed by atoms with Gasteiger partial charge in [-0.15, -0.1) is 0 Å². The van der Waals surface area contributed by atoms with Crippen LogP contribution in [0, 0.1) is 19.7 Å². The van der Waals surface area contributed by atoms with Crippen molar-refractivity contribution in [2.75, 3.05) is 5.32 Å². The molecule has 0 bridgehead atoms. The van der Waals surface area contributed by atoms with Crippen molar-refractivity contribution in [1.29, 1.82) is 0 Å². The molecule has 2 aromatic rings. The summed E-state index contributed by atoms with van der Waals surface area (Å²) < 4.78 is 13.0. The number of hydrogen-bond acceptors (Lipinski definition) is 1. The van der Waals surface area contributed by atoms with Crippen LogP contribution in [-0.4, -0.2) is 0 Å². The fourth-order valence-corrected chi connectivity index (χ4v) is 1.93. The summed E-state index contributed by atoms with van der Waals surface area (Å²) in [6.45, 7) is 4.78. The van der Waals surface area contributed by atoms with Crippen LogP contribution in [0.2, 0.25) is 0 Å². The van der Waals surface area contributed by atoms with Gasteiger partial charge in [-0.05, 0) is 42.7 Å². The van der Waals surface area contributed by atoms with Gasteiger partial charge in [-0.3, -0.25) is 0 Å². The molecular formula is C15H16FN. The third-order valence-corrected chi connectivity index (χ3v) is 2.84. The van der Waals surface area contributed by atoms with E-state index in [1.807, 2.05) is 12.1 Å². The van der Waals surface area contributed by atoms with Gasteiger partial charge in [0.05, 0.1) is 0 Å². The van der Waals surface area contributed by atoms with Gasteiger partial charge >= 0.3 is 0 Å². The second-order valence-corrected chi connectivity index (χ2v) is 4.25. The number of para-hydroxylation sites is 1. The van der Waals surface area contributed by atoms with Crippen molar-refractivity contribution >= 4 is 5.69 Å². The summed E-state index contributed by atoms with van der Waals surface area (Å²) in [5.41, 5.74) is 4.51. The van der Waals surface area contributed by atoms with Crippen LogP contribution in [0.4, 0.5) is 10.1 Å². The molecule has 0 atom stereocenters. The summed E-state index contributed by atoms with van der Waals surface area (Å²) >= 11 is 0. The summed E-state index contributed by atoms with van der Waals surface area (Å²) in [5.74, 6) is -0.189. The standard InChI is InChI=1S/C15H16FN/c1-11-5-3-6-12(2)15(11)17-10-13-7-4-8-14(16)9-13/h3-9,17H,10H2,1-2H3. The first-order valence-electron chi connectivity index (χ1n) is 5.71. The maximum absolute atomic E-state index is 13.0. The lowest BCUT2D eigenvalue weighted by molar-refractivity contribution is 0.626. The van der Waals surface area contributed by atoms with Crippen molar-refractivity contribution in [3.05, 3.63) is 65.0 Å². The molecule has 2 heteroatoms. The van der Waals surface area contributed by atoms with E-state index in [9.17, 15) is 4.39 Å². The zero-order valence-electron chi connectivity index (χ0n) is 10.1. The molecule has 0 heterocycles. The predicted octanol–water partition coefficient (Wildman–Crippen LogP) is 4.05. The molecule has 0 aliphatic heterocycles. The molecule has 2 rings (SSSR count). The van der Waals surface area contributed by atoms with Gasteiger partial charge in [0.25, 0.3) is 0 Å². The summed E-state index contributed by atoms with van der Waals surface area (Å²) in [5, 5.41) is 3.36. The lowest BCUT2D eigenvalue weighted by atomic mass is 10.1. The Morgan fingerprint density at radius 3 is 2.29 bits per heavy atom. The topological polar surface area (TPSA) is 12.0 Å². The normalized spacial score (nSPS) is 10.3. The fourth-order valence-electron chi connectivity index (χ4n) is 1.93. The maximum Gasteiger partial charge on any atom is 0.123 e. The zero-order chi connectivity index (χ0) is 12.3. The van der Waals surface area contributed by atoms with Gasteiger partial charge < -0.3 is 5.32 Å². The SMILES string of the molecule is Cc1cccc(C)c1NCc1cccc(F)c1. The first-order valence-corrected chi connectivity index (χ1v) is 5.71. The van der Waals surface area contributed by atoms with Crippen LogP contribution in [0.5, 0.6) is 0 Å². The molecule has 0 unspecified atom stereocenters. The van der Waals surface area contributed by atoms with E-state index >= 15 is 0 Å². The molecule has 0 aromatic heterocycles. The van der Waals surface area contributed by atoms with Crippen molar-refractivity contribution in [2.24, 2.45) is 0 Å². The van der Waals surface area contributed by atoms with E-state index in [1.54, 1.807) is 12.1 Å². The molecule has 17 heavy (non-hydrogen) atoms. The Hall–Kier alpha value is -1.83. The highest BCUT2D eigenvalue weighted by Gasteiger charge is 2.01. The van der Waals surface area contributed by atoms with E-state index in [1.165, 1.54) is 17.2 Å². The van der Waals surface area contributed by atoms with Crippen LogP contribution in [-0.2, 0) is 6.54 Å². The van der Waals surface area contributed by atoms with E-state index in [0.717, 1.165) is 11.3 Å². The Morgan fingerprint density at radius 2 is 1.65 bits per heavy atom. The van der Waals surface area contributed by atoms with Crippen molar-refractivity contribution in [1.82, 2.24) is 0 Å². The summed E-state index contributed by atoms with van der Waals surface area (Å²) in [6.07, 6.45) is 0. The minimum atomic E-state index is -0.189. The van der Waals surface area contributed by atoms with Crippen LogP contribution in [0.3, 0.4) is 0 Å². The Labute approximate surface area is 101 Å². The molecule has 88 valence electrons. The second-order valence-electron chi connectivity index (χ2n) is 4.25. The van der Waals surface area contributed by atoms with Crippen LogP contribution in [0.25, 0.3) is 0 Å². The quantitative estimate of drug-likeness (QED) is 0.837. The highest BCUT2D eigenvalue weighted by molar-refractivity contribution is 5.56. The van der Waals surface area contributed by atoms with Gasteiger partial charge in [-0.1, -0.05) is 30.3 Å². The van der Waals surface area contributed by atoms with Gasteiger partial charge in [-0.25, -0.2) is 4.39 Å². The number of halogens is 1.